The second kappa shape index (κ2) is 7.57. The fourth-order valence-corrected chi connectivity index (χ4v) is 2.78. The molecule has 2 rings (SSSR count). The highest BCUT2D eigenvalue weighted by atomic mass is 79.9. The van der Waals surface area contributed by atoms with E-state index >= 15 is 0 Å². The molecule has 1 atom stereocenters. The van der Waals surface area contributed by atoms with E-state index in [4.69, 9.17) is 4.74 Å². The standard InChI is InChI=1S/C17H19BrFNO/c1-3-17(20-2)13-4-6-16(7-5-13)21-11-12-8-14(18)10-15(19)9-12/h4-10,17,20H,3,11H2,1-2H3. The van der Waals surface area contributed by atoms with E-state index in [1.54, 1.807) is 0 Å². The highest BCUT2D eigenvalue weighted by Crippen LogP contribution is 2.21. The number of hydrogen-bond donors (Lipinski definition) is 1. The first kappa shape index (κ1) is 16.0. The van der Waals surface area contributed by atoms with Gasteiger partial charge in [-0.25, -0.2) is 4.39 Å². The van der Waals surface area contributed by atoms with Crippen LogP contribution in [0.25, 0.3) is 0 Å². The van der Waals surface area contributed by atoms with E-state index in [0.29, 0.717) is 12.6 Å². The zero-order valence-electron chi connectivity index (χ0n) is 12.2. The Kier molecular flexibility index (Phi) is 5.76. The fourth-order valence-electron chi connectivity index (χ4n) is 2.26. The van der Waals surface area contributed by atoms with E-state index < -0.39 is 0 Å². The number of hydrogen-bond acceptors (Lipinski definition) is 2. The van der Waals surface area contributed by atoms with Gasteiger partial charge in [0.15, 0.2) is 0 Å². The normalized spacial score (nSPS) is 12.2. The van der Waals surface area contributed by atoms with Crippen LogP contribution in [0.1, 0.15) is 30.5 Å². The number of benzene rings is 2. The third-order valence-corrected chi connectivity index (χ3v) is 3.82. The Morgan fingerprint density at radius 1 is 1.19 bits per heavy atom. The van der Waals surface area contributed by atoms with Crippen molar-refractivity contribution < 1.29 is 9.13 Å². The molecule has 0 aliphatic rings. The van der Waals surface area contributed by atoms with Crippen molar-refractivity contribution in [1.82, 2.24) is 5.32 Å². The molecule has 0 saturated heterocycles. The highest BCUT2D eigenvalue weighted by Gasteiger charge is 2.06. The topological polar surface area (TPSA) is 21.3 Å². The summed E-state index contributed by atoms with van der Waals surface area (Å²) in [5, 5.41) is 3.27. The Morgan fingerprint density at radius 3 is 2.48 bits per heavy atom. The SMILES string of the molecule is CCC(NC)c1ccc(OCc2cc(F)cc(Br)c2)cc1. The molecular weight excluding hydrogens is 333 g/mol. The summed E-state index contributed by atoms with van der Waals surface area (Å²) in [4.78, 5) is 0. The van der Waals surface area contributed by atoms with Gasteiger partial charge in [-0.15, -0.1) is 0 Å². The molecule has 1 N–H and O–H groups in total. The van der Waals surface area contributed by atoms with Crippen molar-refractivity contribution in [2.24, 2.45) is 0 Å². The van der Waals surface area contributed by atoms with E-state index in [1.807, 2.05) is 25.2 Å². The van der Waals surface area contributed by atoms with Crippen LogP contribution in [-0.4, -0.2) is 7.05 Å². The monoisotopic (exact) mass is 351 g/mol. The maximum Gasteiger partial charge on any atom is 0.124 e. The van der Waals surface area contributed by atoms with Crippen molar-refractivity contribution in [2.75, 3.05) is 7.05 Å². The van der Waals surface area contributed by atoms with Gasteiger partial charge >= 0.3 is 0 Å². The third-order valence-electron chi connectivity index (χ3n) is 3.37. The van der Waals surface area contributed by atoms with Gasteiger partial charge < -0.3 is 10.1 Å². The molecule has 0 aliphatic heterocycles. The molecule has 2 aromatic carbocycles. The van der Waals surface area contributed by atoms with Gasteiger partial charge in [-0.05, 0) is 54.9 Å². The zero-order chi connectivity index (χ0) is 15.2. The van der Waals surface area contributed by atoms with E-state index in [-0.39, 0.29) is 5.82 Å². The minimum Gasteiger partial charge on any atom is -0.489 e. The van der Waals surface area contributed by atoms with Crippen molar-refractivity contribution >= 4 is 15.9 Å². The molecule has 2 nitrogen and oxygen atoms in total. The molecule has 2 aromatic rings. The molecule has 112 valence electrons. The number of rotatable bonds is 6. The van der Waals surface area contributed by atoms with E-state index in [0.717, 1.165) is 22.2 Å². The zero-order valence-corrected chi connectivity index (χ0v) is 13.8. The summed E-state index contributed by atoms with van der Waals surface area (Å²) in [5.74, 6) is 0.517. The molecule has 0 bridgehead atoms. The number of nitrogens with one attached hydrogen (secondary N) is 1. The van der Waals surface area contributed by atoms with Gasteiger partial charge in [-0.1, -0.05) is 35.0 Å². The average molecular weight is 352 g/mol. The van der Waals surface area contributed by atoms with Gasteiger partial charge in [0.2, 0.25) is 0 Å². The quantitative estimate of drug-likeness (QED) is 0.803. The first-order valence-electron chi connectivity index (χ1n) is 6.97. The van der Waals surface area contributed by atoms with Gasteiger partial charge in [-0.3, -0.25) is 0 Å². The Bertz CT molecular complexity index is 562. The molecule has 0 aromatic heterocycles. The van der Waals surface area contributed by atoms with Crippen LogP contribution in [0.5, 0.6) is 5.75 Å². The lowest BCUT2D eigenvalue weighted by Crippen LogP contribution is -2.14. The maximum atomic E-state index is 13.3. The summed E-state index contributed by atoms with van der Waals surface area (Å²) in [5.41, 5.74) is 2.04. The van der Waals surface area contributed by atoms with Crippen molar-refractivity contribution in [1.29, 1.82) is 0 Å². The smallest absolute Gasteiger partial charge is 0.124 e. The van der Waals surface area contributed by atoms with Crippen LogP contribution in [0.4, 0.5) is 4.39 Å². The number of halogens is 2. The molecule has 0 radical (unpaired) electrons. The van der Waals surface area contributed by atoms with Gasteiger partial charge in [0.05, 0.1) is 0 Å². The van der Waals surface area contributed by atoms with Crippen LogP contribution in [0.3, 0.4) is 0 Å². The minimum atomic E-state index is -0.266. The summed E-state index contributed by atoms with van der Waals surface area (Å²) >= 11 is 3.28. The summed E-state index contributed by atoms with van der Waals surface area (Å²) < 4.78 is 19.7. The second-order valence-corrected chi connectivity index (χ2v) is 5.80. The molecule has 21 heavy (non-hydrogen) atoms. The minimum absolute atomic E-state index is 0.266. The van der Waals surface area contributed by atoms with Gasteiger partial charge in [0.1, 0.15) is 18.2 Å². The predicted molar refractivity (Wildman–Crippen MR) is 87.0 cm³/mol. The molecule has 0 fully saturated rings. The molecule has 1 unspecified atom stereocenters. The van der Waals surface area contributed by atoms with Crippen molar-refractivity contribution in [3.63, 3.8) is 0 Å². The molecule has 0 saturated carbocycles. The fraction of sp³-hybridized carbons (Fsp3) is 0.294. The van der Waals surface area contributed by atoms with Gasteiger partial charge in [-0.2, -0.15) is 0 Å². The van der Waals surface area contributed by atoms with E-state index in [9.17, 15) is 4.39 Å². The second-order valence-electron chi connectivity index (χ2n) is 4.88. The summed E-state index contributed by atoms with van der Waals surface area (Å²) in [7, 11) is 1.96. The average Bonchev–Trinajstić information content (AvgIpc) is 2.47. The maximum absolute atomic E-state index is 13.3. The van der Waals surface area contributed by atoms with Crippen LogP contribution in [-0.2, 0) is 6.61 Å². The summed E-state index contributed by atoms with van der Waals surface area (Å²) in [6, 6.07) is 13.1. The molecular formula is C17H19BrFNO. The molecule has 0 amide bonds. The van der Waals surface area contributed by atoms with Gasteiger partial charge in [0, 0.05) is 10.5 Å². The van der Waals surface area contributed by atoms with Crippen LogP contribution in [0.2, 0.25) is 0 Å². The van der Waals surface area contributed by atoms with Crippen LogP contribution < -0.4 is 10.1 Å². The largest absolute Gasteiger partial charge is 0.489 e. The molecule has 4 heteroatoms. The predicted octanol–water partition coefficient (Wildman–Crippen LogP) is 4.84. The van der Waals surface area contributed by atoms with Crippen LogP contribution in [0.15, 0.2) is 46.9 Å². The molecule has 0 spiro atoms. The highest BCUT2D eigenvalue weighted by molar-refractivity contribution is 9.10. The van der Waals surface area contributed by atoms with E-state index in [2.05, 4.69) is 40.3 Å². The van der Waals surface area contributed by atoms with Crippen molar-refractivity contribution in [3.05, 3.63) is 63.9 Å². The molecule has 0 heterocycles. The lowest BCUT2D eigenvalue weighted by atomic mass is 10.0. The first-order valence-corrected chi connectivity index (χ1v) is 7.76. The summed E-state index contributed by atoms with van der Waals surface area (Å²) in [6.07, 6.45) is 1.04. The number of ether oxygens (including phenoxy) is 1. The summed E-state index contributed by atoms with van der Waals surface area (Å²) in [6.45, 7) is 2.49. The first-order chi connectivity index (χ1) is 10.1. The Balaban J connectivity index is 2.00. The van der Waals surface area contributed by atoms with Crippen molar-refractivity contribution in [2.45, 2.75) is 26.0 Å². The van der Waals surface area contributed by atoms with Gasteiger partial charge in [0.25, 0.3) is 0 Å². The third kappa shape index (κ3) is 4.55. The Morgan fingerprint density at radius 2 is 1.90 bits per heavy atom. The Labute approximate surface area is 133 Å². The van der Waals surface area contributed by atoms with E-state index in [1.165, 1.54) is 17.7 Å². The molecule has 0 aliphatic carbocycles. The van der Waals surface area contributed by atoms with Crippen molar-refractivity contribution in [3.8, 4) is 5.75 Å². The lowest BCUT2D eigenvalue weighted by Gasteiger charge is -2.15. The Hall–Kier alpha value is -1.39. The lowest BCUT2D eigenvalue weighted by molar-refractivity contribution is 0.305. The van der Waals surface area contributed by atoms with Crippen LogP contribution >= 0.6 is 15.9 Å². The van der Waals surface area contributed by atoms with Crippen LogP contribution in [0, 0.1) is 5.82 Å².